The summed E-state index contributed by atoms with van der Waals surface area (Å²) in [7, 11) is 0. The first-order valence-corrected chi connectivity index (χ1v) is 20.0. The van der Waals surface area contributed by atoms with Crippen LogP contribution >= 0.6 is 0 Å². The molecule has 1 aliphatic heterocycles. The van der Waals surface area contributed by atoms with E-state index in [9.17, 15) is 0 Å². The molecule has 0 saturated carbocycles. The summed E-state index contributed by atoms with van der Waals surface area (Å²) in [5.74, 6) is 3.27. The standard InChI is InChI=1S/C55H34N2O2/c1-4-16-36(17-5-1)47-34-48(57-54(56-47)38-29-30-42-37(33-38)28-27-35-15-10-11-22-41(35)42)44-24-14-26-49-52(44)59-53-50(58-49)32-31-46-51(53)43-23-12-13-25-45(43)55(46,39-18-6-2-7-19-39)40-20-8-3-9-21-40/h1-34H. The van der Waals surface area contributed by atoms with E-state index in [0.717, 1.165) is 50.2 Å². The molecule has 1 aromatic heterocycles. The van der Waals surface area contributed by atoms with E-state index >= 15 is 0 Å². The van der Waals surface area contributed by atoms with Gasteiger partial charge in [0.25, 0.3) is 0 Å². The second kappa shape index (κ2) is 13.1. The Kier molecular flexibility index (Phi) is 7.41. The predicted molar refractivity (Wildman–Crippen MR) is 237 cm³/mol. The molecule has 0 N–H and O–H groups in total. The van der Waals surface area contributed by atoms with Gasteiger partial charge in [0.05, 0.1) is 16.8 Å². The van der Waals surface area contributed by atoms with Crippen molar-refractivity contribution >= 4 is 21.5 Å². The summed E-state index contributed by atoms with van der Waals surface area (Å²) in [6.45, 7) is 0. The molecule has 276 valence electrons. The van der Waals surface area contributed by atoms with Gasteiger partial charge in [-0.05, 0) is 79.7 Å². The van der Waals surface area contributed by atoms with Crippen molar-refractivity contribution in [2.75, 3.05) is 0 Å². The fourth-order valence-electron chi connectivity index (χ4n) is 9.41. The molecule has 0 atom stereocenters. The van der Waals surface area contributed by atoms with Crippen LogP contribution in [0.5, 0.6) is 23.0 Å². The summed E-state index contributed by atoms with van der Waals surface area (Å²) in [4.78, 5) is 10.5. The molecule has 4 heteroatoms. The molecule has 0 spiro atoms. The summed E-state index contributed by atoms with van der Waals surface area (Å²) < 4.78 is 14.0. The van der Waals surface area contributed by atoms with Gasteiger partial charge >= 0.3 is 0 Å². The first-order chi connectivity index (χ1) is 29.2. The number of benzene rings is 9. The Morgan fingerprint density at radius 3 is 1.83 bits per heavy atom. The highest BCUT2D eigenvalue weighted by Gasteiger charge is 2.48. The average Bonchev–Trinajstić information content (AvgIpc) is 3.62. The number of hydrogen-bond acceptors (Lipinski definition) is 4. The summed E-state index contributed by atoms with van der Waals surface area (Å²) >= 11 is 0. The van der Waals surface area contributed by atoms with Gasteiger partial charge < -0.3 is 9.47 Å². The van der Waals surface area contributed by atoms with E-state index in [2.05, 4.69) is 176 Å². The van der Waals surface area contributed by atoms with E-state index in [4.69, 9.17) is 19.4 Å². The number of hydrogen-bond donors (Lipinski definition) is 0. The number of aromatic nitrogens is 2. The van der Waals surface area contributed by atoms with Gasteiger partial charge in [-0.15, -0.1) is 0 Å². The van der Waals surface area contributed by atoms with Crippen LogP contribution in [-0.4, -0.2) is 9.97 Å². The quantitative estimate of drug-likeness (QED) is 0.164. The Hall–Kier alpha value is -7.82. The van der Waals surface area contributed by atoms with Gasteiger partial charge in [0, 0.05) is 22.3 Å². The zero-order chi connectivity index (χ0) is 38.9. The Morgan fingerprint density at radius 1 is 0.373 bits per heavy atom. The monoisotopic (exact) mass is 754 g/mol. The first kappa shape index (κ1) is 33.3. The SMILES string of the molecule is c1ccc(-c2cc(-c3cccc4c3Oc3c(ccc5c3-c3ccccc3C5(c3ccccc3)c3ccccc3)O4)nc(-c3ccc4c(ccc5ccccc54)c3)n2)cc1. The largest absolute Gasteiger partial charge is 0.449 e. The molecule has 0 saturated heterocycles. The summed E-state index contributed by atoms with van der Waals surface area (Å²) in [5, 5.41) is 4.78. The van der Waals surface area contributed by atoms with Crippen LogP contribution in [0.4, 0.5) is 0 Å². The van der Waals surface area contributed by atoms with Crippen molar-refractivity contribution < 1.29 is 9.47 Å². The highest BCUT2D eigenvalue weighted by molar-refractivity contribution is 6.08. The lowest BCUT2D eigenvalue weighted by molar-refractivity contribution is 0.361. The average molecular weight is 755 g/mol. The first-order valence-electron chi connectivity index (χ1n) is 20.0. The second-order valence-corrected chi connectivity index (χ2v) is 15.2. The molecule has 4 nitrogen and oxygen atoms in total. The third-order valence-corrected chi connectivity index (χ3v) is 12.0. The molecule has 0 fully saturated rings. The van der Waals surface area contributed by atoms with Crippen molar-refractivity contribution in [1.29, 1.82) is 0 Å². The van der Waals surface area contributed by atoms with Crippen molar-refractivity contribution in [1.82, 2.24) is 9.97 Å². The molecule has 0 bridgehead atoms. The lowest BCUT2D eigenvalue weighted by atomic mass is 9.68. The number of nitrogens with zero attached hydrogens (tertiary/aromatic N) is 2. The van der Waals surface area contributed by atoms with E-state index in [1.807, 2.05) is 30.3 Å². The van der Waals surface area contributed by atoms with Crippen molar-refractivity contribution in [3.63, 3.8) is 0 Å². The molecule has 0 amide bonds. The number of ether oxygens (including phenoxy) is 2. The normalized spacial score (nSPS) is 13.2. The van der Waals surface area contributed by atoms with Crippen LogP contribution in [0.2, 0.25) is 0 Å². The Morgan fingerprint density at radius 2 is 1.02 bits per heavy atom. The highest BCUT2D eigenvalue weighted by Crippen LogP contribution is 2.62. The fraction of sp³-hybridized carbons (Fsp3) is 0.0182. The maximum Gasteiger partial charge on any atom is 0.179 e. The molecule has 59 heavy (non-hydrogen) atoms. The molecular formula is C55H34N2O2. The number of fused-ring (bicyclic) bond motifs is 9. The molecule has 0 radical (unpaired) electrons. The van der Waals surface area contributed by atoms with E-state index < -0.39 is 5.41 Å². The minimum Gasteiger partial charge on any atom is -0.449 e. The third-order valence-electron chi connectivity index (χ3n) is 12.0. The van der Waals surface area contributed by atoms with E-state index in [1.165, 1.54) is 32.8 Å². The van der Waals surface area contributed by atoms with Crippen LogP contribution in [0.25, 0.3) is 66.6 Å². The lowest BCUT2D eigenvalue weighted by Gasteiger charge is -2.34. The molecule has 2 heterocycles. The Bertz CT molecular complexity index is 3230. The fourth-order valence-corrected chi connectivity index (χ4v) is 9.41. The summed E-state index contributed by atoms with van der Waals surface area (Å²) in [6, 6.07) is 72.4. The van der Waals surface area contributed by atoms with Gasteiger partial charge in [-0.2, -0.15) is 0 Å². The van der Waals surface area contributed by atoms with E-state index in [-0.39, 0.29) is 0 Å². The van der Waals surface area contributed by atoms with Crippen LogP contribution in [-0.2, 0) is 5.41 Å². The molecule has 1 aliphatic carbocycles. The van der Waals surface area contributed by atoms with Gasteiger partial charge in [0.2, 0.25) is 0 Å². The third kappa shape index (κ3) is 5.10. The highest BCUT2D eigenvalue weighted by atomic mass is 16.6. The van der Waals surface area contributed by atoms with Crippen LogP contribution in [0.3, 0.4) is 0 Å². The summed E-state index contributed by atoms with van der Waals surface area (Å²) in [6.07, 6.45) is 0. The van der Waals surface area contributed by atoms with Gasteiger partial charge in [-0.1, -0.05) is 176 Å². The zero-order valence-corrected chi connectivity index (χ0v) is 31.8. The van der Waals surface area contributed by atoms with Crippen LogP contribution in [0.15, 0.2) is 206 Å². The number of para-hydroxylation sites is 1. The Labute approximate surface area is 341 Å². The van der Waals surface area contributed by atoms with Crippen molar-refractivity contribution in [3.8, 4) is 68.0 Å². The predicted octanol–water partition coefficient (Wildman–Crippen LogP) is 14.0. The maximum absolute atomic E-state index is 7.23. The molecule has 2 aliphatic rings. The molecule has 0 unspecified atom stereocenters. The smallest absolute Gasteiger partial charge is 0.179 e. The maximum atomic E-state index is 7.23. The van der Waals surface area contributed by atoms with Crippen LogP contribution in [0, 0.1) is 0 Å². The van der Waals surface area contributed by atoms with Gasteiger partial charge in [0.1, 0.15) is 0 Å². The Balaban J connectivity index is 1.04. The van der Waals surface area contributed by atoms with Gasteiger partial charge in [-0.3, -0.25) is 0 Å². The van der Waals surface area contributed by atoms with E-state index in [0.29, 0.717) is 28.8 Å². The number of rotatable bonds is 5. The second-order valence-electron chi connectivity index (χ2n) is 15.2. The van der Waals surface area contributed by atoms with E-state index in [1.54, 1.807) is 0 Å². The van der Waals surface area contributed by atoms with Crippen molar-refractivity contribution in [2.24, 2.45) is 0 Å². The zero-order valence-electron chi connectivity index (χ0n) is 31.8. The van der Waals surface area contributed by atoms with Crippen molar-refractivity contribution in [2.45, 2.75) is 5.41 Å². The summed E-state index contributed by atoms with van der Waals surface area (Å²) in [5.41, 5.74) is 10.7. The molecule has 9 aromatic carbocycles. The van der Waals surface area contributed by atoms with Crippen molar-refractivity contribution in [3.05, 3.63) is 229 Å². The lowest BCUT2D eigenvalue weighted by Crippen LogP contribution is -2.28. The van der Waals surface area contributed by atoms with Crippen LogP contribution in [0.1, 0.15) is 22.3 Å². The topological polar surface area (TPSA) is 44.2 Å². The van der Waals surface area contributed by atoms with Gasteiger partial charge in [0.15, 0.2) is 28.8 Å². The molecular weight excluding hydrogens is 721 g/mol. The minimum atomic E-state index is -0.565. The minimum absolute atomic E-state index is 0.565. The molecule has 12 rings (SSSR count). The molecule has 10 aromatic rings. The van der Waals surface area contributed by atoms with Crippen LogP contribution < -0.4 is 9.47 Å². The van der Waals surface area contributed by atoms with Gasteiger partial charge in [-0.25, -0.2) is 9.97 Å².